The molecule has 0 saturated carbocycles. The van der Waals surface area contributed by atoms with Crippen molar-refractivity contribution in [3.05, 3.63) is 52.6 Å². The molecule has 152 valence electrons. The van der Waals surface area contributed by atoms with Crippen molar-refractivity contribution >= 4 is 10.9 Å². The number of hydrogen-bond acceptors (Lipinski definition) is 7. The van der Waals surface area contributed by atoms with Crippen LogP contribution in [-0.4, -0.2) is 55.4 Å². The molecule has 0 bridgehead atoms. The van der Waals surface area contributed by atoms with E-state index >= 15 is 0 Å². The molecule has 1 aliphatic rings. The average molecular weight is 397 g/mol. The molecule has 0 radical (unpaired) electrons. The predicted molar refractivity (Wildman–Crippen MR) is 108 cm³/mol. The quantitative estimate of drug-likeness (QED) is 0.682. The van der Waals surface area contributed by atoms with Gasteiger partial charge in [-0.05, 0) is 25.2 Å². The molecule has 2 aromatic carbocycles. The number of methoxy groups -OCH3 is 2. The van der Waals surface area contributed by atoms with Crippen LogP contribution >= 0.6 is 0 Å². The number of aromatic nitrogens is 2. The van der Waals surface area contributed by atoms with E-state index in [9.17, 15) is 4.79 Å². The Hall–Kier alpha value is -3.26. The maximum absolute atomic E-state index is 12.5. The Bertz CT molecular complexity index is 1080. The highest BCUT2D eigenvalue weighted by molar-refractivity contribution is 5.81. The van der Waals surface area contributed by atoms with Gasteiger partial charge in [0.2, 0.25) is 0 Å². The van der Waals surface area contributed by atoms with Crippen LogP contribution in [0.15, 0.2) is 41.2 Å². The molecule has 1 aliphatic heterocycles. The van der Waals surface area contributed by atoms with E-state index in [0.29, 0.717) is 47.9 Å². The van der Waals surface area contributed by atoms with Crippen molar-refractivity contribution in [2.24, 2.45) is 0 Å². The van der Waals surface area contributed by atoms with Gasteiger partial charge in [-0.1, -0.05) is 12.1 Å². The molecular weight excluding hydrogens is 374 g/mol. The molecule has 29 heavy (non-hydrogen) atoms. The van der Waals surface area contributed by atoms with E-state index in [1.807, 2.05) is 36.2 Å². The summed E-state index contributed by atoms with van der Waals surface area (Å²) >= 11 is 0. The summed E-state index contributed by atoms with van der Waals surface area (Å²) in [5, 5.41) is 0.453. The van der Waals surface area contributed by atoms with Crippen LogP contribution < -0.4 is 24.5 Å². The van der Waals surface area contributed by atoms with Gasteiger partial charge in [0.1, 0.15) is 18.5 Å². The first-order valence-electron chi connectivity index (χ1n) is 9.29. The minimum atomic E-state index is -0.217. The predicted octanol–water partition coefficient (Wildman–Crippen LogP) is 2.21. The van der Waals surface area contributed by atoms with Crippen molar-refractivity contribution in [1.82, 2.24) is 14.9 Å². The van der Waals surface area contributed by atoms with Crippen molar-refractivity contribution in [2.75, 3.05) is 34.4 Å². The molecule has 8 nitrogen and oxygen atoms in total. The Morgan fingerprint density at radius 3 is 2.66 bits per heavy atom. The molecule has 0 fully saturated rings. The average Bonchev–Trinajstić information content (AvgIpc) is 2.72. The van der Waals surface area contributed by atoms with Gasteiger partial charge in [-0.3, -0.25) is 9.69 Å². The molecule has 3 aromatic rings. The van der Waals surface area contributed by atoms with Crippen LogP contribution in [0.4, 0.5) is 0 Å². The number of rotatable bonds is 6. The lowest BCUT2D eigenvalue weighted by molar-refractivity contribution is 0.0632. The normalized spacial score (nSPS) is 15.5. The second kappa shape index (κ2) is 8.00. The molecule has 8 heteroatoms. The number of aromatic amines is 1. The summed E-state index contributed by atoms with van der Waals surface area (Å²) in [5.41, 5.74) is 0.339. The Morgan fingerprint density at radius 2 is 1.90 bits per heavy atom. The molecule has 0 unspecified atom stereocenters. The van der Waals surface area contributed by atoms with Crippen molar-refractivity contribution in [1.29, 1.82) is 0 Å². The maximum atomic E-state index is 12.5. The van der Waals surface area contributed by atoms with Crippen LogP contribution in [-0.2, 0) is 6.54 Å². The highest BCUT2D eigenvalue weighted by atomic mass is 16.6. The second-order valence-electron chi connectivity index (χ2n) is 6.93. The second-order valence-corrected chi connectivity index (χ2v) is 6.93. The van der Waals surface area contributed by atoms with Crippen LogP contribution in [0.5, 0.6) is 23.0 Å². The fraction of sp³-hybridized carbons (Fsp3) is 0.333. The number of ether oxygens (including phenoxy) is 4. The van der Waals surface area contributed by atoms with E-state index in [0.717, 1.165) is 11.5 Å². The van der Waals surface area contributed by atoms with Crippen molar-refractivity contribution in [2.45, 2.75) is 12.6 Å². The smallest absolute Gasteiger partial charge is 0.258 e. The molecule has 4 rings (SSSR count). The van der Waals surface area contributed by atoms with Gasteiger partial charge >= 0.3 is 0 Å². The third-order valence-electron chi connectivity index (χ3n) is 4.76. The standard InChI is InChI=1S/C21H23N3O5/c1-24(10-13-12-28-16-6-4-5-7-17(16)29-13)11-20-22-15-9-19(27-3)18(26-2)8-14(15)21(25)23-20/h4-9,13H,10-12H2,1-3H3,(H,22,23,25)/t13-/m0/s1. The molecule has 0 amide bonds. The van der Waals surface area contributed by atoms with Gasteiger partial charge < -0.3 is 23.9 Å². The first-order valence-corrected chi connectivity index (χ1v) is 9.29. The lowest BCUT2D eigenvalue weighted by atomic mass is 10.2. The zero-order chi connectivity index (χ0) is 20.4. The van der Waals surface area contributed by atoms with E-state index in [-0.39, 0.29) is 11.7 Å². The van der Waals surface area contributed by atoms with E-state index < -0.39 is 0 Å². The van der Waals surface area contributed by atoms with Gasteiger partial charge in [0.05, 0.1) is 31.7 Å². The van der Waals surface area contributed by atoms with Crippen LogP contribution in [0, 0.1) is 0 Å². The number of nitrogens with zero attached hydrogens (tertiary/aromatic N) is 2. The Balaban J connectivity index is 1.49. The summed E-state index contributed by atoms with van der Waals surface area (Å²) in [5.74, 6) is 3.09. The van der Waals surface area contributed by atoms with Crippen molar-refractivity contribution < 1.29 is 18.9 Å². The highest BCUT2D eigenvalue weighted by Crippen LogP contribution is 2.31. The summed E-state index contributed by atoms with van der Waals surface area (Å²) in [6.45, 7) is 1.56. The van der Waals surface area contributed by atoms with Crippen LogP contribution in [0.1, 0.15) is 5.82 Å². The molecule has 1 atom stereocenters. The molecule has 2 heterocycles. The molecule has 1 N–H and O–H groups in total. The molecule has 0 spiro atoms. The van der Waals surface area contributed by atoms with E-state index in [1.165, 1.54) is 7.11 Å². The largest absolute Gasteiger partial charge is 0.493 e. The van der Waals surface area contributed by atoms with Crippen LogP contribution in [0.2, 0.25) is 0 Å². The van der Waals surface area contributed by atoms with Gasteiger partial charge in [0.25, 0.3) is 5.56 Å². The van der Waals surface area contributed by atoms with Crippen molar-refractivity contribution in [3.63, 3.8) is 0 Å². The summed E-state index contributed by atoms with van der Waals surface area (Å²) in [6.07, 6.45) is -0.105. The van der Waals surface area contributed by atoms with Gasteiger partial charge in [-0.25, -0.2) is 4.98 Å². The summed E-state index contributed by atoms with van der Waals surface area (Å²) in [4.78, 5) is 22.0. The Labute approximate surface area is 168 Å². The Morgan fingerprint density at radius 1 is 1.17 bits per heavy atom. The molecule has 0 aliphatic carbocycles. The van der Waals surface area contributed by atoms with Crippen LogP contribution in [0.25, 0.3) is 10.9 Å². The van der Waals surface area contributed by atoms with Gasteiger partial charge in [-0.15, -0.1) is 0 Å². The number of para-hydroxylation sites is 2. The first-order chi connectivity index (χ1) is 14.1. The topological polar surface area (TPSA) is 85.9 Å². The van der Waals surface area contributed by atoms with E-state index in [4.69, 9.17) is 18.9 Å². The molecular formula is C21H23N3O5. The zero-order valence-electron chi connectivity index (χ0n) is 16.6. The van der Waals surface area contributed by atoms with Crippen molar-refractivity contribution in [3.8, 4) is 23.0 Å². The number of nitrogens with one attached hydrogen (secondary N) is 1. The summed E-state index contributed by atoms with van der Waals surface area (Å²) in [6, 6.07) is 11.0. The summed E-state index contributed by atoms with van der Waals surface area (Å²) < 4.78 is 22.3. The number of hydrogen-bond donors (Lipinski definition) is 1. The third kappa shape index (κ3) is 3.97. The number of H-pyrrole nitrogens is 1. The first kappa shape index (κ1) is 19.1. The number of benzene rings is 2. The molecule has 0 saturated heterocycles. The van der Waals surface area contributed by atoms with Crippen LogP contribution in [0.3, 0.4) is 0 Å². The number of fused-ring (bicyclic) bond motifs is 2. The number of likely N-dealkylation sites (N-methyl/N-ethyl adjacent to an activating group) is 1. The van der Waals surface area contributed by atoms with Gasteiger partial charge in [0.15, 0.2) is 23.0 Å². The minimum absolute atomic E-state index is 0.105. The highest BCUT2D eigenvalue weighted by Gasteiger charge is 2.22. The lowest BCUT2D eigenvalue weighted by Crippen LogP contribution is -2.39. The van der Waals surface area contributed by atoms with E-state index in [2.05, 4.69) is 9.97 Å². The minimum Gasteiger partial charge on any atom is -0.493 e. The zero-order valence-corrected chi connectivity index (χ0v) is 16.6. The maximum Gasteiger partial charge on any atom is 0.258 e. The summed E-state index contributed by atoms with van der Waals surface area (Å²) in [7, 11) is 5.03. The SMILES string of the molecule is COc1cc2nc(CN(C)C[C@H]3COc4ccccc4O3)[nH]c(=O)c2cc1OC. The third-order valence-corrected chi connectivity index (χ3v) is 4.76. The lowest BCUT2D eigenvalue weighted by Gasteiger charge is -2.29. The Kier molecular flexibility index (Phi) is 5.26. The van der Waals surface area contributed by atoms with Gasteiger partial charge in [0, 0.05) is 12.6 Å². The fourth-order valence-corrected chi connectivity index (χ4v) is 3.41. The fourth-order valence-electron chi connectivity index (χ4n) is 3.41. The molecule has 1 aromatic heterocycles. The van der Waals surface area contributed by atoms with E-state index in [1.54, 1.807) is 19.2 Å². The monoisotopic (exact) mass is 397 g/mol. The van der Waals surface area contributed by atoms with Gasteiger partial charge in [-0.2, -0.15) is 0 Å².